The minimum atomic E-state index is -1.82. The third kappa shape index (κ3) is 8.69. The van der Waals surface area contributed by atoms with E-state index in [1.807, 2.05) is 72.8 Å². The normalized spacial score (nSPS) is 12.4. The predicted octanol–water partition coefficient (Wildman–Crippen LogP) is 12.3. The molecule has 0 saturated carbocycles. The Kier molecular flexibility index (Phi) is 12.6. The Morgan fingerprint density at radius 3 is 0.607 bits per heavy atom. The Bertz CT molecular complexity index is 2560. The number of aromatic hydroxyl groups is 4. The molecule has 61 heavy (non-hydrogen) atoms. The van der Waals surface area contributed by atoms with Gasteiger partial charge >= 0.3 is 0 Å². The van der Waals surface area contributed by atoms with Gasteiger partial charge in [-0.2, -0.15) is 0 Å². The van der Waals surface area contributed by atoms with Gasteiger partial charge in [-0.05, 0) is 63.8 Å². The fraction of sp³-hybridized carbons (Fsp3) is 0.231. The molecule has 0 aliphatic rings. The molecule has 4 nitrogen and oxygen atoms in total. The maximum atomic E-state index is 11.6. The first-order valence-electron chi connectivity index (χ1n) is 21.0. The molecule has 0 unspecified atom stereocenters. The predicted molar refractivity (Wildman–Crippen MR) is 272 cm³/mol. The van der Waals surface area contributed by atoms with Crippen molar-refractivity contribution in [3.63, 3.8) is 0 Å². The first-order chi connectivity index (χ1) is 28.0. The Hall–Kier alpha value is -4.39. The molecule has 8 rings (SSSR count). The molecular formula is C52H60O4Si4Ta. The van der Waals surface area contributed by atoms with Gasteiger partial charge in [0.05, 0.1) is 32.3 Å². The molecule has 8 aromatic carbocycles. The van der Waals surface area contributed by atoms with Gasteiger partial charge in [0.2, 0.25) is 0 Å². The van der Waals surface area contributed by atoms with Crippen LogP contribution in [0.1, 0.15) is 0 Å². The zero-order valence-electron chi connectivity index (χ0n) is 37.8. The summed E-state index contributed by atoms with van der Waals surface area (Å²) in [6.07, 6.45) is 0. The number of fused-ring (bicyclic) bond motifs is 4. The van der Waals surface area contributed by atoms with E-state index in [1.165, 1.54) is 0 Å². The van der Waals surface area contributed by atoms with Gasteiger partial charge in [0, 0.05) is 44.6 Å². The Morgan fingerprint density at radius 1 is 0.279 bits per heavy atom. The molecule has 0 amide bonds. The maximum absolute atomic E-state index is 11.6. The van der Waals surface area contributed by atoms with Crippen LogP contribution in [0.2, 0.25) is 78.6 Å². The monoisotopic (exact) mass is 1040 g/mol. The number of rotatable bonds is 6. The van der Waals surface area contributed by atoms with Crippen molar-refractivity contribution in [2.45, 2.75) is 78.6 Å². The summed E-state index contributed by atoms with van der Waals surface area (Å²) in [4.78, 5) is 0. The van der Waals surface area contributed by atoms with Gasteiger partial charge in [-0.25, -0.2) is 0 Å². The van der Waals surface area contributed by atoms with Gasteiger partial charge < -0.3 is 20.4 Å². The molecule has 0 aromatic heterocycles. The minimum absolute atomic E-state index is 0. The fourth-order valence-corrected chi connectivity index (χ4v) is 14.3. The number of benzene rings is 8. The average molecular weight is 1040 g/mol. The van der Waals surface area contributed by atoms with E-state index in [0.29, 0.717) is 23.0 Å². The SMILES string of the molecule is C[Si](C)(C)c1cc2ccccc2c(-c2c(O)c([Si](C)(C)C)cc3ccccc23)c1O.C[Si](C)(C)c1cc2ccccc2c(-c2c(O)c([Si](C)(C)C)cc3ccccc23)c1O.[Ta]. The van der Waals surface area contributed by atoms with Crippen molar-refractivity contribution >= 4 is 96.1 Å². The summed E-state index contributed by atoms with van der Waals surface area (Å²) in [6.45, 7) is 27.0. The topological polar surface area (TPSA) is 80.9 Å². The van der Waals surface area contributed by atoms with Gasteiger partial charge in [0.15, 0.2) is 0 Å². The minimum Gasteiger partial charge on any atom is -0.507 e. The number of hydrogen-bond donors (Lipinski definition) is 4. The molecule has 8 aromatic rings. The van der Waals surface area contributed by atoms with Crippen LogP contribution in [0.4, 0.5) is 0 Å². The summed E-state index contributed by atoms with van der Waals surface area (Å²) in [6, 6.07) is 41.3. The van der Waals surface area contributed by atoms with Crippen LogP contribution in [0.5, 0.6) is 23.0 Å². The summed E-state index contributed by atoms with van der Waals surface area (Å²) in [7, 11) is -7.27. The van der Waals surface area contributed by atoms with Crippen molar-refractivity contribution < 1.29 is 42.8 Å². The summed E-state index contributed by atoms with van der Waals surface area (Å²) in [5, 5.41) is 58.8. The van der Waals surface area contributed by atoms with E-state index in [4.69, 9.17) is 0 Å². The van der Waals surface area contributed by atoms with E-state index < -0.39 is 32.3 Å². The van der Waals surface area contributed by atoms with E-state index in [1.54, 1.807) is 0 Å². The van der Waals surface area contributed by atoms with Gasteiger partial charge in [0.1, 0.15) is 23.0 Å². The molecule has 0 heterocycles. The second-order valence-corrected chi connectivity index (χ2v) is 40.6. The standard InChI is InChI=1S/2C26H30O2Si2.Ta/c2*1-29(2,3)21-15-17-11-7-9-13-19(17)23(25(21)27)24-20-14-10-8-12-18(20)16-22(26(24)28)30(4,5)6;/h2*7-16,27-28H,1-6H3;. The average Bonchev–Trinajstić information content (AvgIpc) is 3.16. The van der Waals surface area contributed by atoms with Gasteiger partial charge in [-0.3, -0.25) is 0 Å². The summed E-state index contributed by atoms with van der Waals surface area (Å²) < 4.78 is 0. The Balaban J connectivity index is 0.000000201. The molecule has 313 valence electrons. The van der Waals surface area contributed by atoms with Crippen LogP contribution >= 0.6 is 0 Å². The van der Waals surface area contributed by atoms with Gasteiger partial charge in [0.25, 0.3) is 0 Å². The fourth-order valence-electron chi connectivity index (χ4n) is 8.65. The van der Waals surface area contributed by atoms with E-state index >= 15 is 0 Å². The quantitative estimate of drug-likeness (QED) is 0.125. The van der Waals surface area contributed by atoms with E-state index in [-0.39, 0.29) is 22.4 Å². The summed E-state index contributed by atoms with van der Waals surface area (Å²) in [5.74, 6) is 1.28. The number of phenols is 4. The zero-order chi connectivity index (χ0) is 43.7. The molecule has 4 N–H and O–H groups in total. The second-order valence-electron chi connectivity index (χ2n) is 20.5. The van der Waals surface area contributed by atoms with Crippen LogP contribution in [0.3, 0.4) is 0 Å². The molecule has 0 atom stereocenters. The van der Waals surface area contributed by atoms with Crippen molar-refractivity contribution in [2.75, 3.05) is 0 Å². The van der Waals surface area contributed by atoms with E-state index in [9.17, 15) is 20.4 Å². The van der Waals surface area contributed by atoms with Crippen molar-refractivity contribution in [3.8, 4) is 45.3 Å². The Labute approximate surface area is 381 Å². The Morgan fingerprint density at radius 2 is 0.443 bits per heavy atom. The van der Waals surface area contributed by atoms with E-state index in [0.717, 1.165) is 86.1 Å². The molecule has 0 aliphatic carbocycles. The first kappa shape index (κ1) is 46.1. The van der Waals surface area contributed by atoms with Crippen LogP contribution in [0.15, 0.2) is 121 Å². The molecule has 0 bridgehead atoms. The third-order valence-electron chi connectivity index (χ3n) is 11.8. The van der Waals surface area contributed by atoms with Crippen molar-refractivity contribution in [1.82, 2.24) is 0 Å². The zero-order valence-corrected chi connectivity index (χ0v) is 45.0. The molecule has 0 spiro atoms. The summed E-state index contributed by atoms with van der Waals surface area (Å²) >= 11 is 0. The molecule has 9 heteroatoms. The summed E-state index contributed by atoms with van der Waals surface area (Å²) in [5.41, 5.74) is 3.05. The molecule has 0 aliphatic heterocycles. The van der Waals surface area contributed by atoms with Crippen LogP contribution in [-0.4, -0.2) is 52.7 Å². The van der Waals surface area contributed by atoms with E-state index in [2.05, 4.69) is 127 Å². The first-order valence-corrected chi connectivity index (χ1v) is 35.0. The van der Waals surface area contributed by atoms with Crippen LogP contribution < -0.4 is 20.7 Å². The van der Waals surface area contributed by atoms with Crippen LogP contribution in [-0.2, 0) is 22.4 Å². The largest absolute Gasteiger partial charge is 0.507 e. The third-order valence-corrected chi connectivity index (χ3v) is 19.8. The number of hydrogen-bond acceptors (Lipinski definition) is 4. The molecular weight excluding hydrogens is 982 g/mol. The van der Waals surface area contributed by atoms with Crippen LogP contribution in [0.25, 0.3) is 65.3 Å². The molecule has 0 fully saturated rings. The number of phenolic OH excluding ortho intramolecular Hbond substituents is 4. The van der Waals surface area contributed by atoms with Crippen LogP contribution in [0, 0.1) is 0 Å². The van der Waals surface area contributed by atoms with Crippen molar-refractivity contribution in [2.24, 2.45) is 0 Å². The molecule has 0 saturated heterocycles. The molecule has 1 radical (unpaired) electrons. The van der Waals surface area contributed by atoms with Gasteiger partial charge in [-0.1, -0.05) is 200 Å². The maximum Gasteiger partial charge on any atom is 0.123 e. The van der Waals surface area contributed by atoms with Crippen molar-refractivity contribution in [3.05, 3.63) is 121 Å². The smallest absolute Gasteiger partial charge is 0.123 e. The van der Waals surface area contributed by atoms with Gasteiger partial charge in [-0.15, -0.1) is 0 Å². The second kappa shape index (κ2) is 16.7. The van der Waals surface area contributed by atoms with Crippen molar-refractivity contribution in [1.29, 1.82) is 0 Å².